The van der Waals surface area contributed by atoms with Gasteiger partial charge >= 0.3 is 0 Å². The molecule has 0 amide bonds. The summed E-state index contributed by atoms with van der Waals surface area (Å²) in [7, 11) is 0. The van der Waals surface area contributed by atoms with Crippen molar-refractivity contribution >= 4 is 5.95 Å². The first-order valence-corrected chi connectivity index (χ1v) is 5.72. The Balaban J connectivity index is 2.38. The molecule has 1 aliphatic rings. The number of nitrogen functional groups attached to an aromatic ring is 1. The zero-order valence-corrected chi connectivity index (χ0v) is 10.7. The van der Waals surface area contributed by atoms with Crippen molar-refractivity contribution in [1.82, 2.24) is 15.0 Å². The third-order valence-corrected chi connectivity index (χ3v) is 3.17. The number of aromatic nitrogens is 3. The molecule has 1 aromatic heterocycles. The maximum Gasteiger partial charge on any atom is 0.223 e. The van der Waals surface area contributed by atoms with Crippen LogP contribution in [0, 0.1) is 5.41 Å². The highest BCUT2D eigenvalue weighted by atomic mass is 15.1. The highest BCUT2D eigenvalue weighted by molar-refractivity contribution is 5.24. The Labute approximate surface area is 96.7 Å². The van der Waals surface area contributed by atoms with E-state index in [0.717, 1.165) is 18.1 Å². The predicted molar refractivity (Wildman–Crippen MR) is 64.1 cm³/mol. The molecular formula is C12H20N4. The van der Waals surface area contributed by atoms with Gasteiger partial charge in [-0.1, -0.05) is 34.6 Å². The quantitative estimate of drug-likeness (QED) is 0.788. The number of nitrogens with two attached hydrogens (primary N) is 1. The third-order valence-electron chi connectivity index (χ3n) is 3.17. The maximum atomic E-state index is 5.75. The van der Waals surface area contributed by atoms with Crippen LogP contribution in [0.1, 0.15) is 58.6 Å². The van der Waals surface area contributed by atoms with Gasteiger partial charge in [-0.3, -0.25) is 0 Å². The average Bonchev–Trinajstić information content (AvgIpc) is 2.72. The summed E-state index contributed by atoms with van der Waals surface area (Å²) in [4.78, 5) is 13.0. The fourth-order valence-corrected chi connectivity index (χ4v) is 1.81. The molecule has 1 aliphatic carbocycles. The lowest BCUT2D eigenvalue weighted by Gasteiger charge is -2.17. The van der Waals surface area contributed by atoms with Crippen LogP contribution in [0.15, 0.2) is 0 Å². The second kappa shape index (κ2) is 3.15. The summed E-state index contributed by atoms with van der Waals surface area (Å²) in [5.74, 6) is 2.44. The molecule has 0 aromatic carbocycles. The predicted octanol–water partition coefficient (Wildman–Crippen LogP) is 2.26. The first kappa shape index (κ1) is 11.3. The van der Waals surface area contributed by atoms with E-state index in [4.69, 9.17) is 5.73 Å². The Morgan fingerprint density at radius 3 is 2.19 bits per heavy atom. The van der Waals surface area contributed by atoms with Gasteiger partial charge in [0.2, 0.25) is 5.95 Å². The molecule has 0 spiro atoms. The first-order chi connectivity index (χ1) is 7.20. The number of hydrogen-bond acceptors (Lipinski definition) is 4. The Hall–Kier alpha value is -1.19. The van der Waals surface area contributed by atoms with E-state index in [-0.39, 0.29) is 5.41 Å². The van der Waals surface area contributed by atoms with Crippen LogP contribution in [-0.2, 0) is 5.41 Å². The summed E-state index contributed by atoms with van der Waals surface area (Å²) in [5, 5.41) is 0. The molecule has 88 valence electrons. The molecule has 1 heterocycles. The van der Waals surface area contributed by atoms with E-state index < -0.39 is 0 Å². The van der Waals surface area contributed by atoms with Crippen molar-refractivity contribution < 1.29 is 0 Å². The monoisotopic (exact) mass is 220 g/mol. The molecule has 0 saturated heterocycles. The number of nitrogens with zero attached hydrogens (tertiary/aromatic N) is 3. The van der Waals surface area contributed by atoms with Gasteiger partial charge in [0.1, 0.15) is 11.6 Å². The molecular weight excluding hydrogens is 200 g/mol. The summed E-state index contributed by atoms with van der Waals surface area (Å²) >= 11 is 0. The second-order valence-electron chi connectivity index (χ2n) is 6.37. The van der Waals surface area contributed by atoms with Gasteiger partial charge in [-0.2, -0.15) is 9.97 Å². The summed E-state index contributed by atoms with van der Waals surface area (Å²) in [5.41, 5.74) is 5.99. The minimum atomic E-state index is -0.0785. The molecule has 2 rings (SSSR count). The Morgan fingerprint density at radius 1 is 1.19 bits per heavy atom. The van der Waals surface area contributed by atoms with E-state index in [1.807, 2.05) is 0 Å². The van der Waals surface area contributed by atoms with Crippen molar-refractivity contribution in [1.29, 1.82) is 0 Å². The van der Waals surface area contributed by atoms with Crippen molar-refractivity contribution in [2.45, 2.75) is 52.4 Å². The summed E-state index contributed by atoms with van der Waals surface area (Å²) < 4.78 is 0. The Kier molecular flexibility index (Phi) is 2.23. The van der Waals surface area contributed by atoms with Crippen LogP contribution in [0.2, 0.25) is 0 Å². The maximum absolute atomic E-state index is 5.75. The largest absolute Gasteiger partial charge is 0.368 e. The van der Waals surface area contributed by atoms with Crippen LogP contribution in [0.5, 0.6) is 0 Å². The van der Waals surface area contributed by atoms with Crippen molar-refractivity contribution in [3.05, 3.63) is 11.6 Å². The smallest absolute Gasteiger partial charge is 0.223 e. The van der Waals surface area contributed by atoms with Gasteiger partial charge in [-0.05, 0) is 11.8 Å². The molecule has 0 bridgehead atoms. The van der Waals surface area contributed by atoms with Crippen LogP contribution in [0.4, 0.5) is 5.95 Å². The van der Waals surface area contributed by atoms with E-state index in [9.17, 15) is 0 Å². The lowest BCUT2D eigenvalue weighted by Crippen LogP contribution is -2.19. The molecule has 1 aromatic rings. The molecule has 1 fully saturated rings. The van der Waals surface area contributed by atoms with Gasteiger partial charge < -0.3 is 5.73 Å². The molecule has 2 N–H and O–H groups in total. The van der Waals surface area contributed by atoms with Crippen LogP contribution in [0.3, 0.4) is 0 Å². The average molecular weight is 220 g/mol. The van der Waals surface area contributed by atoms with E-state index >= 15 is 0 Å². The van der Waals surface area contributed by atoms with Crippen LogP contribution in [0.25, 0.3) is 0 Å². The number of anilines is 1. The first-order valence-electron chi connectivity index (χ1n) is 5.72. The minimum absolute atomic E-state index is 0.0785. The lowest BCUT2D eigenvalue weighted by molar-refractivity contribution is 0.531. The number of rotatable bonds is 1. The van der Waals surface area contributed by atoms with E-state index in [1.165, 1.54) is 0 Å². The third kappa shape index (κ3) is 2.01. The fourth-order valence-electron chi connectivity index (χ4n) is 1.81. The zero-order valence-electron chi connectivity index (χ0n) is 10.7. The summed E-state index contributed by atoms with van der Waals surface area (Å²) in [6.07, 6.45) is 1.14. The highest BCUT2D eigenvalue weighted by Crippen LogP contribution is 2.57. The van der Waals surface area contributed by atoms with Gasteiger partial charge in [0.05, 0.1) is 0 Å². The SMILES string of the molecule is CC(C)(C)c1nc(N)nc(C2CC2(C)C)n1. The fraction of sp³-hybridized carbons (Fsp3) is 0.750. The molecule has 16 heavy (non-hydrogen) atoms. The molecule has 4 nitrogen and oxygen atoms in total. The van der Waals surface area contributed by atoms with Gasteiger partial charge in [0.15, 0.2) is 0 Å². The van der Waals surface area contributed by atoms with E-state index in [2.05, 4.69) is 49.6 Å². The molecule has 1 unspecified atom stereocenters. The highest BCUT2D eigenvalue weighted by Gasteiger charge is 2.49. The van der Waals surface area contributed by atoms with Crippen LogP contribution >= 0.6 is 0 Å². The van der Waals surface area contributed by atoms with Crippen LogP contribution < -0.4 is 5.73 Å². The Morgan fingerprint density at radius 2 is 1.75 bits per heavy atom. The van der Waals surface area contributed by atoms with E-state index in [1.54, 1.807) is 0 Å². The van der Waals surface area contributed by atoms with Crippen molar-refractivity contribution in [2.75, 3.05) is 5.73 Å². The molecule has 4 heteroatoms. The molecule has 0 radical (unpaired) electrons. The summed E-state index contributed by atoms with van der Waals surface area (Å²) in [6, 6.07) is 0. The lowest BCUT2D eigenvalue weighted by atomic mass is 9.96. The standard InChI is InChI=1S/C12H20N4/c1-11(2,3)9-14-8(15-10(13)16-9)7-6-12(7,4)5/h7H,6H2,1-5H3,(H2,13,14,15,16). The Bertz CT molecular complexity index is 418. The van der Waals surface area contributed by atoms with E-state index in [0.29, 0.717) is 17.3 Å². The van der Waals surface area contributed by atoms with Gasteiger partial charge in [-0.25, -0.2) is 4.98 Å². The van der Waals surface area contributed by atoms with Gasteiger partial charge in [0, 0.05) is 11.3 Å². The topological polar surface area (TPSA) is 64.7 Å². The van der Waals surface area contributed by atoms with Crippen molar-refractivity contribution in [2.24, 2.45) is 5.41 Å². The van der Waals surface area contributed by atoms with Crippen molar-refractivity contribution in [3.63, 3.8) is 0 Å². The minimum Gasteiger partial charge on any atom is -0.368 e. The molecule has 1 saturated carbocycles. The second-order valence-corrected chi connectivity index (χ2v) is 6.37. The van der Waals surface area contributed by atoms with Crippen molar-refractivity contribution in [3.8, 4) is 0 Å². The number of hydrogen-bond donors (Lipinski definition) is 1. The van der Waals surface area contributed by atoms with Gasteiger partial charge in [-0.15, -0.1) is 0 Å². The summed E-state index contributed by atoms with van der Waals surface area (Å²) in [6.45, 7) is 10.7. The molecule has 1 atom stereocenters. The normalized spacial score (nSPS) is 23.2. The molecule has 0 aliphatic heterocycles. The zero-order chi connectivity index (χ0) is 12.1. The van der Waals surface area contributed by atoms with Crippen LogP contribution in [-0.4, -0.2) is 15.0 Å². The van der Waals surface area contributed by atoms with Gasteiger partial charge in [0.25, 0.3) is 0 Å².